The van der Waals surface area contributed by atoms with Crippen LogP contribution in [-0.2, 0) is 12.8 Å². The van der Waals surface area contributed by atoms with E-state index in [1.54, 1.807) is 0 Å². The number of rotatable bonds is 4. The molecule has 0 amide bonds. The van der Waals surface area contributed by atoms with Gasteiger partial charge in [-0.05, 0) is 32.2 Å². The average molecular weight is 247 g/mol. The number of unbranched alkanes of at least 4 members (excludes halogenated alkanes) is 1. The molecule has 1 N–H and O–H groups in total. The summed E-state index contributed by atoms with van der Waals surface area (Å²) in [4.78, 5) is 5.88. The third kappa shape index (κ3) is 3.44. The molecule has 1 unspecified atom stereocenters. The fraction of sp³-hybridized carbons (Fsp3) is 0.727. The fourth-order valence-corrected chi connectivity index (χ4v) is 2.85. The highest BCUT2D eigenvalue weighted by molar-refractivity contribution is 7.09. The van der Waals surface area contributed by atoms with Crippen LogP contribution in [0.3, 0.4) is 0 Å². The maximum absolute atomic E-state index is 4.38. The first-order chi connectivity index (χ1) is 6.90. The molecule has 86 valence electrons. The summed E-state index contributed by atoms with van der Waals surface area (Å²) in [5.41, 5.74) is 3.34. The lowest BCUT2D eigenvalue weighted by molar-refractivity contribution is 0.454. The van der Waals surface area contributed by atoms with Crippen molar-refractivity contribution in [3.63, 3.8) is 0 Å². The summed E-state index contributed by atoms with van der Waals surface area (Å²) in [5.74, 6) is 0. The van der Waals surface area contributed by atoms with E-state index in [0.717, 1.165) is 0 Å². The van der Waals surface area contributed by atoms with Crippen molar-refractivity contribution < 1.29 is 0 Å². The van der Waals surface area contributed by atoms with Gasteiger partial charge in [0.2, 0.25) is 0 Å². The van der Waals surface area contributed by atoms with Crippen LogP contribution >= 0.6 is 23.7 Å². The molecule has 4 heteroatoms. The predicted molar refractivity (Wildman–Crippen MR) is 68.1 cm³/mol. The monoisotopic (exact) mass is 246 g/mol. The highest BCUT2D eigenvalue weighted by Crippen LogP contribution is 2.23. The Bertz CT molecular complexity index is 288. The number of hydrogen-bond donors (Lipinski definition) is 1. The Morgan fingerprint density at radius 1 is 1.60 bits per heavy atom. The van der Waals surface area contributed by atoms with Gasteiger partial charge in [-0.15, -0.1) is 23.7 Å². The zero-order valence-electron chi connectivity index (χ0n) is 9.16. The van der Waals surface area contributed by atoms with Gasteiger partial charge in [0.25, 0.3) is 0 Å². The average Bonchev–Trinajstić information content (AvgIpc) is 2.65. The first-order valence-corrected chi connectivity index (χ1v) is 6.42. The second-order valence-electron chi connectivity index (χ2n) is 3.97. The third-order valence-electron chi connectivity index (χ3n) is 2.85. The van der Waals surface area contributed by atoms with Crippen LogP contribution in [-0.4, -0.2) is 17.6 Å². The summed E-state index contributed by atoms with van der Waals surface area (Å²) >= 11 is 1.82. The minimum Gasteiger partial charge on any atom is -0.314 e. The number of nitrogens with one attached hydrogen (secondary N) is 1. The zero-order valence-corrected chi connectivity index (χ0v) is 10.8. The van der Waals surface area contributed by atoms with Crippen LogP contribution in [0.25, 0.3) is 0 Å². The summed E-state index contributed by atoms with van der Waals surface area (Å²) in [7, 11) is 0. The van der Waals surface area contributed by atoms with Crippen molar-refractivity contribution in [2.24, 2.45) is 0 Å². The molecule has 2 nitrogen and oxygen atoms in total. The van der Waals surface area contributed by atoms with Crippen molar-refractivity contribution >= 4 is 23.7 Å². The summed E-state index contributed by atoms with van der Waals surface area (Å²) in [6.07, 6.45) is 6.21. The minimum atomic E-state index is 0. The van der Waals surface area contributed by atoms with E-state index in [1.807, 2.05) is 16.8 Å². The summed E-state index contributed by atoms with van der Waals surface area (Å²) in [5, 5.41) is 3.63. The van der Waals surface area contributed by atoms with Crippen LogP contribution in [0.1, 0.15) is 36.8 Å². The molecule has 0 aromatic carbocycles. The number of aromatic nitrogens is 1. The number of thiazole rings is 1. The Kier molecular flexibility index (Phi) is 5.58. The largest absolute Gasteiger partial charge is 0.314 e. The van der Waals surface area contributed by atoms with Gasteiger partial charge in [-0.3, -0.25) is 0 Å². The van der Waals surface area contributed by atoms with E-state index in [2.05, 4.69) is 17.2 Å². The maximum atomic E-state index is 4.38. The topological polar surface area (TPSA) is 24.9 Å². The first-order valence-electron chi connectivity index (χ1n) is 5.54. The highest BCUT2D eigenvalue weighted by atomic mass is 35.5. The molecule has 0 saturated heterocycles. The van der Waals surface area contributed by atoms with Crippen LogP contribution in [0, 0.1) is 0 Å². The Morgan fingerprint density at radius 3 is 3.27 bits per heavy atom. The molecule has 1 aliphatic rings. The molecular formula is C11H19ClN2S. The molecule has 0 aliphatic heterocycles. The van der Waals surface area contributed by atoms with Crippen LogP contribution in [0.2, 0.25) is 0 Å². The summed E-state index contributed by atoms with van der Waals surface area (Å²) in [6.45, 7) is 3.42. The number of nitrogens with zero attached hydrogens (tertiary/aromatic N) is 1. The number of hydrogen-bond acceptors (Lipinski definition) is 3. The second-order valence-corrected chi connectivity index (χ2v) is 4.91. The van der Waals surface area contributed by atoms with E-state index < -0.39 is 0 Å². The molecule has 1 atom stereocenters. The summed E-state index contributed by atoms with van der Waals surface area (Å²) < 4.78 is 0. The number of halogens is 1. The van der Waals surface area contributed by atoms with E-state index in [-0.39, 0.29) is 12.4 Å². The van der Waals surface area contributed by atoms with Crippen LogP contribution in [0.5, 0.6) is 0 Å². The van der Waals surface area contributed by atoms with Crippen molar-refractivity contribution in [2.45, 2.75) is 45.1 Å². The quantitative estimate of drug-likeness (QED) is 0.827. The Balaban J connectivity index is 0.00000112. The third-order valence-corrected chi connectivity index (χ3v) is 3.75. The molecule has 1 aliphatic carbocycles. The van der Waals surface area contributed by atoms with Gasteiger partial charge < -0.3 is 5.32 Å². The molecule has 0 radical (unpaired) electrons. The van der Waals surface area contributed by atoms with Gasteiger partial charge >= 0.3 is 0 Å². The van der Waals surface area contributed by atoms with Crippen LogP contribution in [0.4, 0.5) is 0 Å². The first kappa shape index (κ1) is 12.9. The predicted octanol–water partition coefficient (Wildman–Crippen LogP) is 2.81. The molecule has 0 spiro atoms. The molecular weight excluding hydrogens is 228 g/mol. The second kappa shape index (κ2) is 6.46. The smallest absolute Gasteiger partial charge is 0.0797 e. The Morgan fingerprint density at radius 2 is 2.47 bits per heavy atom. The normalized spacial score (nSPS) is 19.4. The van der Waals surface area contributed by atoms with Crippen LogP contribution < -0.4 is 5.32 Å². The van der Waals surface area contributed by atoms with Gasteiger partial charge in [-0.25, -0.2) is 4.98 Å². The van der Waals surface area contributed by atoms with Crippen LogP contribution in [0.15, 0.2) is 5.51 Å². The molecule has 2 rings (SSSR count). The van der Waals surface area contributed by atoms with E-state index in [4.69, 9.17) is 0 Å². The van der Waals surface area contributed by atoms with Gasteiger partial charge in [-0.2, -0.15) is 0 Å². The molecule has 1 heterocycles. The lowest BCUT2D eigenvalue weighted by Crippen LogP contribution is -2.34. The molecule has 1 aromatic heterocycles. The SMILES string of the molecule is CCCCNC1CCc2ncsc2C1.Cl. The lowest BCUT2D eigenvalue weighted by atomic mass is 9.97. The van der Waals surface area contributed by atoms with Crippen molar-refractivity contribution in [1.29, 1.82) is 0 Å². The number of fused-ring (bicyclic) bond motifs is 1. The molecule has 0 saturated carbocycles. The van der Waals surface area contributed by atoms with Gasteiger partial charge in [0.1, 0.15) is 0 Å². The molecule has 15 heavy (non-hydrogen) atoms. The van der Waals surface area contributed by atoms with E-state index in [9.17, 15) is 0 Å². The van der Waals surface area contributed by atoms with Gasteiger partial charge in [0, 0.05) is 10.9 Å². The number of aryl methyl sites for hydroxylation is 1. The minimum absolute atomic E-state index is 0. The van der Waals surface area contributed by atoms with Crippen molar-refractivity contribution in [2.75, 3.05) is 6.54 Å². The van der Waals surface area contributed by atoms with E-state index in [1.165, 1.54) is 49.2 Å². The standard InChI is InChI=1S/C11H18N2S.ClH/c1-2-3-6-12-9-4-5-10-11(7-9)14-8-13-10;/h8-9,12H,2-7H2,1H3;1H. The van der Waals surface area contributed by atoms with Crippen molar-refractivity contribution in [3.05, 3.63) is 16.1 Å². The Hall–Kier alpha value is -0.120. The van der Waals surface area contributed by atoms with E-state index in [0.29, 0.717) is 6.04 Å². The maximum Gasteiger partial charge on any atom is 0.0797 e. The van der Waals surface area contributed by atoms with Gasteiger partial charge in [-0.1, -0.05) is 13.3 Å². The molecule has 0 bridgehead atoms. The van der Waals surface area contributed by atoms with E-state index >= 15 is 0 Å². The van der Waals surface area contributed by atoms with Gasteiger partial charge in [0.15, 0.2) is 0 Å². The Labute approximate surface area is 102 Å². The summed E-state index contributed by atoms with van der Waals surface area (Å²) in [6, 6.07) is 0.703. The van der Waals surface area contributed by atoms with Crippen molar-refractivity contribution in [3.8, 4) is 0 Å². The van der Waals surface area contributed by atoms with Crippen molar-refractivity contribution in [1.82, 2.24) is 10.3 Å². The molecule has 1 aromatic rings. The lowest BCUT2D eigenvalue weighted by Gasteiger charge is -2.22. The fourth-order valence-electron chi connectivity index (χ4n) is 1.96. The highest BCUT2D eigenvalue weighted by Gasteiger charge is 2.19. The van der Waals surface area contributed by atoms with Gasteiger partial charge in [0.05, 0.1) is 11.2 Å². The molecule has 0 fully saturated rings. The zero-order chi connectivity index (χ0) is 9.80.